The van der Waals surface area contributed by atoms with Gasteiger partial charge >= 0.3 is 0 Å². The molecule has 0 aliphatic carbocycles. The second-order valence-electron chi connectivity index (χ2n) is 5.12. The Kier molecular flexibility index (Phi) is 3.96. The van der Waals surface area contributed by atoms with Gasteiger partial charge in [0.1, 0.15) is 6.33 Å². The third-order valence-corrected chi connectivity index (χ3v) is 3.83. The molecule has 0 spiro atoms. The van der Waals surface area contributed by atoms with Gasteiger partial charge in [-0.3, -0.25) is 9.99 Å². The molecule has 8 nitrogen and oxygen atoms in total. The van der Waals surface area contributed by atoms with Crippen molar-refractivity contribution in [2.45, 2.75) is 38.6 Å². The minimum atomic E-state index is 0.365. The van der Waals surface area contributed by atoms with Crippen molar-refractivity contribution in [2.24, 2.45) is 5.84 Å². The van der Waals surface area contributed by atoms with Crippen molar-refractivity contribution in [1.82, 2.24) is 24.5 Å². The summed E-state index contributed by atoms with van der Waals surface area (Å²) >= 11 is 0. The largest absolute Gasteiger partial charge is 0.338 e. The summed E-state index contributed by atoms with van der Waals surface area (Å²) in [6.07, 6.45) is 9.82. The van der Waals surface area contributed by atoms with Crippen LogP contribution >= 0.6 is 0 Å². The van der Waals surface area contributed by atoms with Gasteiger partial charge in [-0.1, -0.05) is 6.92 Å². The van der Waals surface area contributed by atoms with E-state index >= 15 is 0 Å². The molecule has 0 saturated carbocycles. The van der Waals surface area contributed by atoms with Crippen LogP contribution in [0.5, 0.6) is 0 Å². The number of nitrogens with two attached hydrogens (primary N) is 1. The highest BCUT2D eigenvalue weighted by Crippen LogP contribution is 2.24. The maximum Gasteiger partial charge on any atom is 0.243 e. The molecule has 1 fully saturated rings. The third kappa shape index (κ3) is 2.80. The molecule has 0 amide bonds. The van der Waals surface area contributed by atoms with E-state index in [9.17, 15) is 0 Å². The van der Waals surface area contributed by atoms with Crippen LogP contribution in [0, 0.1) is 0 Å². The number of aromatic nitrogens is 5. The third-order valence-electron chi connectivity index (χ3n) is 3.83. The topological polar surface area (TPSA) is 97.8 Å². The van der Waals surface area contributed by atoms with Crippen molar-refractivity contribution in [1.29, 1.82) is 0 Å². The molecule has 2 aromatic rings. The first-order chi connectivity index (χ1) is 10.3. The van der Waals surface area contributed by atoms with Crippen LogP contribution < -0.4 is 16.2 Å². The van der Waals surface area contributed by atoms with Crippen molar-refractivity contribution in [3.05, 3.63) is 18.7 Å². The maximum atomic E-state index is 5.49. The maximum absolute atomic E-state index is 5.49. The summed E-state index contributed by atoms with van der Waals surface area (Å²) in [6.45, 7) is 3.17. The summed E-state index contributed by atoms with van der Waals surface area (Å²) in [5, 5.41) is 0. The summed E-state index contributed by atoms with van der Waals surface area (Å²) in [6, 6.07) is 0.474. The molecule has 21 heavy (non-hydrogen) atoms. The number of rotatable bonds is 4. The molecule has 3 N–H and O–H groups in total. The Hall–Kier alpha value is -2.22. The number of nitrogen functional groups attached to an aromatic ring is 1. The number of nitrogens with one attached hydrogen (secondary N) is 1. The zero-order valence-corrected chi connectivity index (χ0v) is 12.1. The Bertz CT molecular complexity index is 582. The SMILES string of the molecule is CCC1CCCCN1c1nc(NN)nc(-n2ccnc2)n1. The Morgan fingerprint density at radius 1 is 1.29 bits per heavy atom. The highest BCUT2D eigenvalue weighted by atomic mass is 15.4. The minimum absolute atomic E-state index is 0.365. The number of nitrogens with zero attached hydrogens (tertiary/aromatic N) is 6. The van der Waals surface area contributed by atoms with Gasteiger partial charge in [0.15, 0.2) is 0 Å². The average molecular weight is 288 g/mol. The number of anilines is 2. The zero-order valence-electron chi connectivity index (χ0n) is 12.1. The zero-order chi connectivity index (χ0) is 14.7. The van der Waals surface area contributed by atoms with Gasteiger partial charge in [-0.25, -0.2) is 10.8 Å². The molecule has 8 heteroatoms. The number of hydrogen-bond donors (Lipinski definition) is 2. The standard InChI is InChI=1S/C13H20N8/c1-2-10-5-3-4-7-21(10)13-17-11(19-14)16-12(18-13)20-8-6-15-9-20/h6,8-10H,2-5,7,14H2,1H3,(H,16,17,18,19). The monoisotopic (exact) mass is 288 g/mol. The average Bonchev–Trinajstić information content (AvgIpc) is 3.09. The van der Waals surface area contributed by atoms with Gasteiger partial charge in [-0.2, -0.15) is 15.0 Å². The molecule has 0 aromatic carbocycles. The van der Waals surface area contributed by atoms with E-state index in [4.69, 9.17) is 5.84 Å². The van der Waals surface area contributed by atoms with Crippen LogP contribution in [0.1, 0.15) is 32.6 Å². The fourth-order valence-electron chi connectivity index (χ4n) is 2.73. The fourth-order valence-corrected chi connectivity index (χ4v) is 2.73. The molecule has 3 heterocycles. The van der Waals surface area contributed by atoms with Crippen molar-refractivity contribution >= 4 is 11.9 Å². The van der Waals surface area contributed by atoms with Crippen LogP contribution in [-0.4, -0.2) is 37.1 Å². The molecule has 0 radical (unpaired) electrons. The molecule has 1 aliphatic rings. The van der Waals surface area contributed by atoms with Gasteiger partial charge in [-0.05, 0) is 25.7 Å². The quantitative estimate of drug-likeness (QED) is 0.642. The van der Waals surface area contributed by atoms with E-state index in [1.165, 1.54) is 12.8 Å². The van der Waals surface area contributed by atoms with E-state index in [1.54, 1.807) is 23.3 Å². The number of piperidine rings is 1. The van der Waals surface area contributed by atoms with E-state index in [1.807, 2.05) is 0 Å². The number of hydrazine groups is 1. The van der Waals surface area contributed by atoms with Gasteiger partial charge in [0.05, 0.1) is 0 Å². The summed E-state index contributed by atoms with van der Waals surface area (Å²) in [5.41, 5.74) is 2.52. The first kappa shape index (κ1) is 13.7. The van der Waals surface area contributed by atoms with Gasteiger partial charge in [0, 0.05) is 25.0 Å². The molecule has 1 saturated heterocycles. The van der Waals surface area contributed by atoms with Crippen LogP contribution in [0.2, 0.25) is 0 Å². The number of imidazole rings is 1. The second kappa shape index (κ2) is 6.04. The lowest BCUT2D eigenvalue weighted by atomic mass is 10.0. The summed E-state index contributed by atoms with van der Waals surface area (Å²) in [4.78, 5) is 19.6. The van der Waals surface area contributed by atoms with E-state index in [0.29, 0.717) is 23.9 Å². The minimum Gasteiger partial charge on any atom is -0.338 e. The second-order valence-corrected chi connectivity index (χ2v) is 5.12. The lowest BCUT2D eigenvalue weighted by Crippen LogP contribution is -2.40. The highest BCUT2D eigenvalue weighted by molar-refractivity contribution is 5.41. The Morgan fingerprint density at radius 3 is 2.86 bits per heavy atom. The predicted octanol–water partition coefficient (Wildman–Crippen LogP) is 1.11. The normalized spacial score (nSPS) is 18.8. The van der Waals surface area contributed by atoms with Crippen LogP contribution in [0.3, 0.4) is 0 Å². The molecule has 112 valence electrons. The molecular weight excluding hydrogens is 268 g/mol. The molecular formula is C13H20N8. The van der Waals surface area contributed by atoms with Crippen molar-refractivity contribution in [2.75, 3.05) is 16.9 Å². The fraction of sp³-hybridized carbons (Fsp3) is 0.538. The van der Waals surface area contributed by atoms with E-state index in [-0.39, 0.29) is 0 Å². The molecule has 1 atom stereocenters. The predicted molar refractivity (Wildman–Crippen MR) is 80.0 cm³/mol. The van der Waals surface area contributed by atoms with Gasteiger partial charge in [0.25, 0.3) is 0 Å². The van der Waals surface area contributed by atoms with Crippen LogP contribution in [0.25, 0.3) is 5.95 Å². The van der Waals surface area contributed by atoms with E-state index < -0.39 is 0 Å². The van der Waals surface area contributed by atoms with Crippen molar-refractivity contribution < 1.29 is 0 Å². The molecule has 0 bridgehead atoms. The smallest absolute Gasteiger partial charge is 0.243 e. The van der Waals surface area contributed by atoms with E-state index in [0.717, 1.165) is 19.4 Å². The first-order valence-electron chi connectivity index (χ1n) is 7.29. The molecule has 3 rings (SSSR count). The van der Waals surface area contributed by atoms with Crippen molar-refractivity contribution in [3.8, 4) is 5.95 Å². The Morgan fingerprint density at radius 2 is 2.14 bits per heavy atom. The van der Waals surface area contributed by atoms with Gasteiger partial charge in [-0.15, -0.1) is 0 Å². The summed E-state index contributed by atoms with van der Waals surface area (Å²) in [5.74, 6) is 7.05. The lowest BCUT2D eigenvalue weighted by molar-refractivity contribution is 0.442. The Balaban J connectivity index is 1.99. The Labute approximate surface area is 123 Å². The van der Waals surface area contributed by atoms with Crippen molar-refractivity contribution in [3.63, 3.8) is 0 Å². The first-order valence-corrected chi connectivity index (χ1v) is 7.29. The van der Waals surface area contributed by atoms with Crippen LogP contribution in [-0.2, 0) is 0 Å². The van der Waals surface area contributed by atoms with Gasteiger partial charge in [0.2, 0.25) is 17.8 Å². The lowest BCUT2D eigenvalue weighted by Gasteiger charge is -2.35. The number of hydrogen-bond acceptors (Lipinski definition) is 7. The van der Waals surface area contributed by atoms with Gasteiger partial charge < -0.3 is 4.90 Å². The highest BCUT2D eigenvalue weighted by Gasteiger charge is 2.24. The summed E-state index contributed by atoms with van der Waals surface area (Å²) in [7, 11) is 0. The van der Waals surface area contributed by atoms with Crippen LogP contribution in [0.4, 0.5) is 11.9 Å². The molecule has 1 aliphatic heterocycles. The van der Waals surface area contributed by atoms with E-state index in [2.05, 4.69) is 37.2 Å². The summed E-state index contributed by atoms with van der Waals surface area (Å²) < 4.78 is 1.75. The van der Waals surface area contributed by atoms with Crippen LogP contribution in [0.15, 0.2) is 18.7 Å². The molecule has 2 aromatic heterocycles. The molecule has 1 unspecified atom stereocenters.